The predicted octanol–water partition coefficient (Wildman–Crippen LogP) is 4.23. The monoisotopic (exact) mass is 475 g/mol. The third-order valence-electron chi connectivity index (χ3n) is 6.50. The molecular formula is C28H33N3O4. The molecule has 3 aromatic rings. The van der Waals surface area contributed by atoms with Gasteiger partial charge in [-0.1, -0.05) is 18.2 Å². The molecule has 1 amide bonds. The second-order valence-electron chi connectivity index (χ2n) is 8.74. The molecule has 7 nitrogen and oxygen atoms in total. The number of nitrogens with zero attached hydrogens (tertiary/aromatic N) is 2. The molecule has 35 heavy (non-hydrogen) atoms. The molecule has 1 fully saturated rings. The fourth-order valence-corrected chi connectivity index (χ4v) is 4.50. The lowest BCUT2D eigenvalue weighted by atomic mass is 9.94. The topological polar surface area (TPSA) is 72.9 Å². The number of hydrogen-bond acceptors (Lipinski definition) is 6. The van der Waals surface area contributed by atoms with Gasteiger partial charge in [-0.2, -0.15) is 0 Å². The molecule has 1 unspecified atom stereocenters. The minimum atomic E-state index is -0.308. The molecule has 1 aliphatic heterocycles. The number of amides is 1. The Bertz CT molecular complexity index is 1070. The normalized spacial score (nSPS) is 15.3. The van der Waals surface area contributed by atoms with Crippen LogP contribution in [0.1, 0.15) is 35.7 Å². The first-order chi connectivity index (χ1) is 17.1. The van der Waals surface area contributed by atoms with Gasteiger partial charge in [0.1, 0.15) is 17.2 Å². The Morgan fingerprint density at radius 3 is 2.17 bits per heavy atom. The third-order valence-corrected chi connectivity index (χ3v) is 6.50. The SMILES string of the molecule is COc1ccc(C(NC(=O)C2CCN(Cc3cc(OC)cc(OC)c3)CC2)c2ccccn2)cc1. The molecule has 1 aliphatic rings. The van der Waals surface area contributed by atoms with Crippen LogP contribution in [-0.4, -0.2) is 50.2 Å². The Labute approximate surface area is 207 Å². The molecule has 2 aromatic carbocycles. The summed E-state index contributed by atoms with van der Waals surface area (Å²) < 4.78 is 16.1. The number of piperidine rings is 1. The molecule has 4 rings (SSSR count). The van der Waals surface area contributed by atoms with E-state index in [1.54, 1.807) is 27.5 Å². The minimum absolute atomic E-state index is 0.0319. The van der Waals surface area contributed by atoms with Gasteiger partial charge in [0.25, 0.3) is 0 Å². The summed E-state index contributed by atoms with van der Waals surface area (Å²) in [4.78, 5) is 20.2. The number of methoxy groups -OCH3 is 3. The summed E-state index contributed by atoms with van der Waals surface area (Å²) in [5.41, 5.74) is 2.93. The van der Waals surface area contributed by atoms with Gasteiger partial charge >= 0.3 is 0 Å². The number of aromatic nitrogens is 1. The van der Waals surface area contributed by atoms with Gasteiger partial charge in [0, 0.05) is 24.7 Å². The van der Waals surface area contributed by atoms with Gasteiger partial charge in [-0.05, 0) is 73.5 Å². The predicted molar refractivity (Wildman–Crippen MR) is 135 cm³/mol. The van der Waals surface area contributed by atoms with E-state index in [9.17, 15) is 4.79 Å². The number of nitrogens with one attached hydrogen (secondary N) is 1. The number of pyridine rings is 1. The summed E-state index contributed by atoms with van der Waals surface area (Å²) in [5.74, 6) is 2.39. The van der Waals surface area contributed by atoms with Gasteiger partial charge in [0.15, 0.2) is 0 Å². The van der Waals surface area contributed by atoms with Gasteiger partial charge in [-0.25, -0.2) is 0 Å². The van der Waals surface area contributed by atoms with Crippen LogP contribution in [0.5, 0.6) is 17.2 Å². The van der Waals surface area contributed by atoms with Crippen LogP contribution in [-0.2, 0) is 11.3 Å². The van der Waals surface area contributed by atoms with E-state index in [-0.39, 0.29) is 17.9 Å². The van der Waals surface area contributed by atoms with Crippen molar-refractivity contribution < 1.29 is 19.0 Å². The van der Waals surface area contributed by atoms with Crippen molar-refractivity contribution in [3.05, 3.63) is 83.7 Å². The summed E-state index contributed by atoms with van der Waals surface area (Å²) >= 11 is 0. The van der Waals surface area contributed by atoms with Gasteiger partial charge in [-0.15, -0.1) is 0 Å². The zero-order chi connectivity index (χ0) is 24.6. The van der Waals surface area contributed by atoms with E-state index in [1.165, 1.54) is 0 Å². The molecular weight excluding hydrogens is 442 g/mol. The third kappa shape index (κ3) is 6.31. The maximum Gasteiger partial charge on any atom is 0.224 e. The lowest BCUT2D eigenvalue weighted by Gasteiger charge is -2.32. The van der Waals surface area contributed by atoms with Crippen molar-refractivity contribution in [3.63, 3.8) is 0 Å². The van der Waals surface area contributed by atoms with Crippen molar-refractivity contribution >= 4 is 5.91 Å². The summed E-state index contributed by atoms with van der Waals surface area (Å²) in [6.45, 7) is 2.51. The van der Waals surface area contributed by atoms with E-state index in [0.717, 1.165) is 66.5 Å². The van der Waals surface area contributed by atoms with E-state index in [1.807, 2.05) is 60.7 Å². The zero-order valence-corrected chi connectivity index (χ0v) is 20.6. The first-order valence-electron chi connectivity index (χ1n) is 11.9. The van der Waals surface area contributed by atoms with Gasteiger partial charge < -0.3 is 19.5 Å². The van der Waals surface area contributed by atoms with E-state index in [4.69, 9.17) is 14.2 Å². The molecule has 1 atom stereocenters. The van der Waals surface area contributed by atoms with Gasteiger partial charge in [0.2, 0.25) is 5.91 Å². The molecule has 0 spiro atoms. The highest BCUT2D eigenvalue weighted by Gasteiger charge is 2.28. The number of benzene rings is 2. The average molecular weight is 476 g/mol. The summed E-state index contributed by atoms with van der Waals surface area (Å²) in [5, 5.41) is 3.26. The first kappa shape index (κ1) is 24.5. The average Bonchev–Trinajstić information content (AvgIpc) is 2.92. The van der Waals surface area contributed by atoms with Crippen LogP contribution in [0.25, 0.3) is 0 Å². The smallest absolute Gasteiger partial charge is 0.224 e. The van der Waals surface area contributed by atoms with Crippen LogP contribution in [0, 0.1) is 5.92 Å². The quantitative estimate of drug-likeness (QED) is 0.500. The Morgan fingerprint density at radius 1 is 0.943 bits per heavy atom. The van der Waals surface area contributed by atoms with Crippen molar-refractivity contribution in [2.75, 3.05) is 34.4 Å². The number of hydrogen-bond donors (Lipinski definition) is 1. The number of ether oxygens (including phenoxy) is 3. The van der Waals surface area contributed by atoms with Crippen LogP contribution >= 0.6 is 0 Å². The molecule has 0 aliphatic carbocycles. The zero-order valence-electron chi connectivity index (χ0n) is 20.6. The molecule has 1 saturated heterocycles. The molecule has 1 N–H and O–H groups in total. The van der Waals surface area contributed by atoms with Crippen LogP contribution in [0.4, 0.5) is 0 Å². The highest BCUT2D eigenvalue weighted by atomic mass is 16.5. The van der Waals surface area contributed by atoms with E-state index >= 15 is 0 Å². The Balaban J connectivity index is 1.39. The maximum absolute atomic E-state index is 13.3. The van der Waals surface area contributed by atoms with Crippen LogP contribution in [0.2, 0.25) is 0 Å². The Kier molecular flexibility index (Phi) is 8.21. The number of carbonyl (C=O) groups is 1. The van der Waals surface area contributed by atoms with Crippen molar-refractivity contribution in [1.82, 2.24) is 15.2 Å². The molecule has 0 saturated carbocycles. The maximum atomic E-state index is 13.3. The van der Waals surface area contributed by atoms with Gasteiger partial charge in [0.05, 0.1) is 33.1 Å². The van der Waals surface area contributed by atoms with Crippen LogP contribution < -0.4 is 19.5 Å². The lowest BCUT2D eigenvalue weighted by Crippen LogP contribution is -2.41. The number of likely N-dealkylation sites (tertiary alicyclic amines) is 1. The summed E-state index contributed by atoms with van der Waals surface area (Å²) in [6, 6.07) is 19.2. The van der Waals surface area contributed by atoms with E-state index in [2.05, 4.69) is 15.2 Å². The highest BCUT2D eigenvalue weighted by molar-refractivity contribution is 5.79. The molecule has 1 aromatic heterocycles. The Hall–Kier alpha value is -3.58. The lowest BCUT2D eigenvalue weighted by molar-refractivity contribution is -0.127. The molecule has 2 heterocycles. The van der Waals surface area contributed by atoms with Crippen LogP contribution in [0.3, 0.4) is 0 Å². The minimum Gasteiger partial charge on any atom is -0.497 e. The van der Waals surface area contributed by atoms with Gasteiger partial charge in [-0.3, -0.25) is 14.7 Å². The fourth-order valence-electron chi connectivity index (χ4n) is 4.50. The fraction of sp³-hybridized carbons (Fsp3) is 0.357. The van der Waals surface area contributed by atoms with E-state index in [0.29, 0.717) is 0 Å². The second kappa shape index (κ2) is 11.7. The number of carbonyl (C=O) groups excluding carboxylic acids is 1. The largest absolute Gasteiger partial charge is 0.497 e. The molecule has 184 valence electrons. The van der Waals surface area contributed by atoms with Crippen molar-refractivity contribution in [1.29, 1.82) is 0 Å². The molecule has 0 bridgehead atoms. The second-order valence-corrected chi connectivity index (χ2v) is 8.74. The molecule has 7 heteroatoms. The highest BCUT2D eigenvalue weighted by Crippen LogP contribution is 2.27. The Morgan fingerprint density at radius 2 is 1.60 bits per heavy atom. The summed E-state index contributed by atoms with van der Waals surface area (Å²) in [6.07, 6.45) is 3.37. The van der Waals surface area contributed by atoms with E-state index < -0.39 is 0 Å². The molecule has 0 radical (unpaired) electrons. The van der Waals surface area contributed by atoms with Crippen molar-refractivity contribution in [2.45, 2.75) is 25.4 Å². The standard InChI is InChI=1S/C28H33N3O4/c1-33-23-9-7-21(8-10-23)27(26-6-4-5-13-29-26)30-28(32)22-11-14-31(15-12-22)19-20-16-24(34-2)18-25(17-20)35-3/h4-10,13,16-18,22,27H,11-12,14-15,19H2,1-3H3,(H,30,32). The number of rotatable bonds is 9. The summed E-state index contributed by atoms with van der Waals surface area (Å²) in [7, 11) is 4.96. The first-order valence-corrected chi connectivity index (χ1v) is 11.9. The van der Waals surface area contributed by atoms with Crippen molar-refractivity contribution in [3.8, 4) is 17.2 Å². The van der Waals surface area contributed by atoms with Crippen LogP contribution in [0.15, 0.2) is 66.9 Å². The van der Waals surface area contributed by atoms with Crippen molar-refractivity contribution in [2.24, 2.45) is 5.92 Å².